The Morgan fingerprint density at radius 2 is 1.76 bits per heavy atom. The molecule has 2 aromatic carbocycles. The fourth-order valence-electron chi connectivity index (χ4n) is 2.22. The van der Waals surface area contributed by atoms with Crippen molar-refractivity contribution in [1.29, 1.82) is 0 Å². The van der Waals surface area contributed by atoms with Gasteiger partial charge >= 0.3 is 0 Å². The molecule has 0 aliphatic carbocycles. The highest BCUT2D eigenvalue weighted by atomic mass is 16.5. The first kappa shape index (κ1) is 13.4. The summed E-state index contributed by atoms with van der Waals surface area (Å²) in [4.78, 5) is 24.1. The zero-order chi connectivity index (χ0) is 15.0. The molecule has 0 radical (unpaired) electrons. The molecule has 0 bridgehead atoms. The number of benzene rings is 2. The summed E-state index contributed by atoms with van der Waals surface area (Å²) in [5.74, 6) is 0.302. The third-order valence-electron chi connectivity index (χ3n) is 3.49. The van der Waals surface area contributed by atoms with Crippen LogP contribution in [-0.4, -0.2) is 17.8 Å². The van der Waals surface area contributed by atoms with Crippen LogP contribution in [-0.2, 0) is 4.79 Å². The number of amides is 1. The van der Waals surface area contributed by atoms with Crippen molar-refractivity contribution in [2.24, 2.45) is 0 Å². The van der Waals surface area contributed by atoms with Gasteiger partial charge in [-0.2, -0.15) is 0 Å². The van der Waals surface area contributed by atoms with E-state index in [0.29, 0.717) is 22.6 Å². The molecule has 4 heteroatoms. The zero-order valence-corrected chi connectivity index (χ0v) is 11.8. The molecule has 0 saturated heterocycles. The maximum atomic E-state index is 12.4. The minimum atomic E-state index is -0.517. The van der Waals surface area contributed by atoms with Crippen LogP contribution in [0.25, 0.3) is 0 Å². The molecule has 0 fully saturated rings. The second-order valence-corrected chi connectivity index (χ2v) is 5.16. The number of hydrogen-bond acceptors (Lipinski definition) is 3. The van der Waals surface area contributed by atoms with Crippen LogP contribution in [0.5, 0.6) is 5.75 Å². The molecule has 106 valence electrons. The SMILES string of the molecule is Cc1ccc(C(=O)c2ccc3c(c2)NC(=O)C(C)O3)cc1. The first-order valence-corrected chi connectivity index (χ1v) is 6.77. The Labute approximate surface area is 122 Å². The van der Waals surface area contributed by atoms with E-state index >= 15 is 0 Å². The van der Waals surface area contributed by atoms with Gasteiger partial charge in [-0.05, 0) is 32.0 Å². The molecule has 2 aromatic rings. The van der Waals surface area contributed by atoms with E-state index in [-0.39, 0.29) is 11.7 Å². The summed E-state index contributed by atoms with van der Waals surface area (Å²) >= 11 is 0. The number of rotatable bonds is 2. The van der Waals surface area contributed by atoms with Crippen LogP contribution >= 0.6 is 0 Å². The molecule has 1 amide bonds. The summed E-state index contributed by atoms with van der Waals surface area (Å²) in [5.41, 5.74) is 2.79. The molecule has 3 rings (SSSR count). The normalized spacial score (nSPS) is 16.7. The number of anilines is 1. The van der Waals surface area contributed by atoms with E-state index in [1.807, 2.05) is 19.1 Å². The van der Waals surface area contributed by atoms with Gasteiger partial charge in [-0.1, -0.05) is 29.8 Å². The van der Waals surface area contributed by atoms with Crippen molar-refractivity contribution < 1.29 is 14.3 Å². The Morgan fingerprint density at radius 1 is 1.10 bits per heavy atom. The van der Waals surface area contributed by atoms with E-state index in [1.165, 1.54) is 0 Å². The quantitative estimate of drug-likeness (QED) is 0.861. The Hall–Kier alpha value is -2.62. The molecular formula is C17H15NO3. The highest BCUT2D eigenvalue weighted by Gasteiger charge is 2.24. The first-order valence-electron chi connectivity index (χ1n) is 6.77. The van der Waals surface area contributed by atoms with E-state index in [1.54, 1.807) is 37.3 Å². The van der Waals surface area contributed by atoms with Crippen molar-refractivity contribution in [2.75, 3.05) is 5.32 Å². The van der Waals surface area contributed by atoms with Gasteiger partial charge in [0.05, 0.1) is 5.69 Å². The van der Waals surface area contributed by atoms with Crippen LogP contribution in [0.3, 0.4) is 0 Å². The molecule has 0 aromatic heterocycles. The molecule has 1 aliphatic rings. The number of carbonyl (C=O) groups excluding carboxylic acids is 2. The Balaban J connectivity index is 1.93. The number of nitrogens with one attached hydrogen (secondary N) is 1. The minimum Gasteiger partial charge on any atom is -0.479 e. The monoisotopic (exact) mass is 281 g/mol. The fourth-order valence-corrected chi connectivity index (χ4v) is 2.22. The molecule has 0 saturated carbocycles. The largest absolute Gasteiger partial charge is 0.479 e. The number of aryl methyl sites for hydroxylation is 1. The smallest absolute Gasteiger partial charge is 0.265 e. The Kier molecular flexibility index (Phi) is 3.22. The van der Waals surface area contributed by atoms with Gasteiger partial charge in [-0.3, -0.25) is 9.59 Å². The van der Waals surface area contributed by atoms with Crippen LogP contribution in [0.2, 0.25) is 0 Å². The summed E-state index contributed by atoms with van der Waals surface area (Å²) in [6.45, 7) is 3.66. The van der Waals surface area contributed by atoms with Crippen LogP contribution in [0.15, 0.2) is 42.5 Å². The summed E-state index contributed by atoms with van der Waals surface area (Å²) in [6.07, 6.45) is -0.517. The van der Waals surface area contributed by atoms with Crippen LogP contribution in [0.4, 0.5) is 5.69 Å². The van der Waals surface area contributed by atoms with Gasteiger partial charge in [0, 0.05) is 11.1 Å². The number of hydrogen-bond donors (Lipinski definition) is 1. The van der Waals surface area contributed by atoms with Gasteiger partial charge in [0.2, 0.25) is 0 Å². The van der Waals surface area contributed by atoms with E-state index < -0.39 is 6.10 Å². The fraction of sp³-hybridized carbons (Fsp3) is 0.176. The Morgan fingerprint density at radius 3 is 2.48 bits per heavy atom. The van der Waals surface area contributed by atoms with Crippen molar-refractivity contribution in [3.05, 3.63) is 59.2 Å². The third kappa shape index (κ3) is 2.52. The molecule has 1 aliphatic heterocycles. The van der Waals surface area contributed by atoms with Gasteiger partial charge in [-0.25, -0.2) is 0 Å². The molecule has 21 heavy (non-hydrogen) atoms. The lowest BCUT2D eigenvalue weighted by Gasteiger charge is -2.23. The summed E-state index contributed by atoms with van der Waals surface area (Å²) in [5, 5.41) is 2.75. The number of ketones is 1. The predicted molar refractivity (Wildman–Crippen MR) is 79.8 cm³/mol. The minimum absolute atomic E-state index is 0.0781. The average Bonchev–Trinajstić information content (AvgIpc) is 2.48. The van der Waals surface area contributed by atoms with E-state index in [0.717, 1.165) is 5.56 Å². The van der Waals surface area contributed by atoms with Crippen LogP contribution in [0, 0.1) is 6.92 Å². The maximum absolute atomic E-state index is 12.4. The van der Waals surface area contributed by atoms with E-state index in [9.17, 15) is 9.59 Å². The van der Waals surface area contributed by atoms with Crippen molar-refractivity contribution in [3.8, 4) is 5.75 Å². The third-order valence-corrected chi connectivity index (χ3v) is 3.49. The van der Waals surface area contributed by atoms with Crippen molar-refractivity contribution in [1.82, 2.24) is 0 Å². The average molecular weight is 281 g/mol. The lowest BCUT2D eigenvalue weighted by molar-refractivity contribution is -0.122. The van der Waals surface area contributed by atoms with Crippen molar-refractivity contribution >= 4 is 17.4 Å². The van der Waals surface area contributed by atoms with Gasteiger partial charge in [0.1, 0.15) is 5.75 Å². The molecule has 0 spiro atoms. The van der Waals surface area contributed by atoms with Crippen LogP contribution < -0.4 is 10.1 Å². The molecule has 1 N–H and O–H groups in total. The summed E-state index contributed by atoms with van der Waals surface area (Å²) < 4.78 is 5.48. The highest BCUT2D eigenvalue weighted by molar-refractivity contribution is 6.10. The second kappa shape index (κ2) is 5.05. The summed E-state index contributed by atoms with van der Waals surface area (Å²) in [6, 6.07) is 12.5. The van der Waals surface area contributed by atoms with E-state index in [4.69, 9.17) is 4.74 Å². The lowest BCUT2D eigenvalue weighted by atomic mass is 10.0. The van der Waals surface area contributed by atoms with Gasteiger partial charge in [-0.15, -0.1) is 0 Å². The topological polar surface area (TPSA) is 55.4 Å². The Bertz CT molecular complexity index is 719. The highest BCUT2D eigenvalue weighted by Crippen LogP contribution is 2.31. The van der Waals surface area contributed by atoms with E-state index in [2.05, 4.69) is 5.32 Å². The van der Waals surface area contributed by atoms with Crippen molar-refractivity contribution in [3.63, 3.8) is 0 Å². The molecule has 1 unspecified atom stereocenters. The number of fused-ring (bicyclic) bond motifs is 1. The van der Waals surface area contributed by atoms with Gasteiger partial charge in [0.25, 0.3) is 5.91 Å². The first-order chi connectivity index (χ1) is 10.0. The lowest BCUT2D eigenvalue weighted by Crippen LogP contribution is -2.34. The molecule has 1 heterocycles. The second-order valence-electron chi connectivity index (χ2n) is 5.16. The van der Waals surface area contributed by atoms with Crippen LogP contribution in [0.1, 0.15) is 28.4 Å². The molecule has 4 nitrogen and oxygen atoms in total. The molecule has 1 atom stereocenters. The zero-order valence-electron chi connectivity index (χ0n) is 11.8. The predicted octanol–water partition coefficient (Wildman–Crippen LogP) is 2.95. The van der Waals surface area contributed by atoms with Crippen molar-refractivity contribution in [2.45, 2.75) is 20.0 Å². The standard InChI is InChI=1S/C17H15NO3/c1-10-3-5-12(6-4-10)16(19)13-7-8-15-14(9-13)18-17(20)11(2)21-15/h3-9,11H,1-2H3,(H,18,20). The number of ether oxygens (including phenoxy) is 1. The molecular weight excluding hydrogens is 266 g/mol. The maximum Gasteiger partial charge on any atom is 0.265 e. The van der Waals surface area contributed by atoms with Gasteiger partial charge < -0.3 is 10.1 Å². The number of carbonyl (C=O) groups is 2. The van der Waals surface area contributed by atoms with Gasteiger partial charge in [0.15, 0.2) is 11.9 Å². The summed E-state index contributed by atoms with van der Waals surface area (Å²) in [7, 11) is 0.